The number of aromatic nitrogens is 3. The quantitative estimate of drug-likeness (QED) is 0.767. The van der Waals surface area contributed by atoms with E-state index in [1.165, 1.54) is 0 Å². The standard InChI is InChI=1S/C19H20N4O2S/c24-26-9-7-23(8-10-26)18-11-13(5-6-20-18)19-16-12-15(25-14-1-2-14)3-4-17(16)21-22-19/h3-6,11-12,14H,1-2,7-10H2,(H,21,22). The van der Waals surface area contributed by atoms with Crippen molar-refractivity contribution in [2.45, 2.75) is 18.9 Å². The van der Waals surface area contributed by atoms with Crippen LogP contribution in [-0.2, 0) is 10.8 Å². The fraction of sp³-hybridized carbons (Fsp3) is 0.368. The first kappa shape index (κ1) is 15.8. The maximum absolute atomic E-state index is 11.6. The average Bonchev–Trinajstić information content (AvgIpc) is 3.38. The van der Waals surface area contributed by atoms with Gasteiger partial charge < -0.3 is 9.64 Å². The van der Waals surface area contributed by atoms with Crippen molar-refractivity contribution in [3.63, 3.8) is 0 Å². The van der Waals surface area contributed by atoms with Crippen molar-refractivity contribution in [1.29, 1.82) is 0 Å². The first-order valence-electron chi connectivity index (χ1n) is 8.97. The number of nitrogens with zero attached hydrogens (tertiary/aromatic N) is 3. The van der Waals surface area contributed by atoms with Crippen LogP contribution in [0.4, 0.5) is 5.82 Å². The molecule has 0 amide bonds. The molecule has 0 radical (unpaired) electrons. The van der Waals surface area contributed by atoms with Gasteiger partial charge in [0.15, 0.2) is 0 Å². The van der Waals surface area contributed by atoms with Gasteiger partial charge in [-0.25, -0.2) is 4.98 Å². The summed E-state index contributed by atoms with van der Waals surface area (Å²) in [5, 5.41) is 8.69. The molecule has 2 aliphatic rings. The summed E-state index contributed by atoms with van der Waals surface area (Å²) in [6.45, 7) is 1.56. The van der Waals surface area contributed by atoms with Crippen LogP contribution in [0.2, 0.25) is 0 Å². The van der Waals surface area contributed by atoms with Gasteiger partial charge in [-0.15, -0.1) is 0 Å². The van der Waals surface area contributed by atoms with Gasteiger partial charge >= 0.3 is 0 Å². The highest BCUT2D eigenvalue weighted by Crippen LogP contribution is 2.33. The van der Waals surface area contributed by atoms with E-state index >= 15 is 0 Å². The molecule has 2 aromatic heterocycles. The normalized spacial score (nSPS) is 18.4. The SMILES string of the molecule is O=S1CCN(c2cc(-c3n[nH]c4ccc(OC5CC5)cc34)ccn2)CC1. The van der Waals surface area contributed by atoms with Gasteiger partial charge in [0, 0.05) is 52.5 Å². The molecule has 0 unspecified atom stereocenters. The van der Waals surface area contributed by atoms with E-state index < -0.39 is 10.8 Å². The maximum atomic E-state index is 11.6. The van der Waals surface area contributed by atoms with E-state index in [2.05, 4.69) is 32.2 Å². The number of H-pyrrole nitrogens is 1. The van der Waals surface area contributed by atoms with Gasteiger partial charge in [0.1, 0.15) is 17.3 Å². The lowest BCUT2D eigenvalue weighted by Crippen LogP contribution is -2.38. The predicted molar refractivity (Wildman–Crippen MR) is 103 cm³/mol. The number of benzene rings is 1. The van der Waals surface area contributed by atoms with Gasteiger partial charge in [0.05, 0.1) is 11.6 Å². The Bertz CT molecular complexity index is 973. The summed E-state index contributed by atoms with van der Waals surface area (Å²) in [4.78, 5) is 6.70. The molecule has 1 aliphatic heterocycles. The van der Waals surface area contributed by atoms with Gasteiger partial charge in [-0.3, -0.25) is 9.31 Å². The Morgan fingerprint density at radius 3 is 2.81 bits per heavy atom. The van der Waals surface area contributed by atoms with Crippen LogP contribution in [-0.4, -0.2) is 50.1 Å². The van der Waals surface area contributed by atoms with Gasteiger partial charge in [-0.05, 0) is 43.2 Å². The molecule has 1 N–H and O–H groups in total. The molecule has 1 aromatic carbocycles. The predicted octanol–water partition coefficient (Wildman–Crippen LogP) is 2.73. The molecule has 3 aromatic rings. The van der Waals surface area contributed by atoms with Crippen LogP contribution < -0.4 is 9.64 Å². The molecule has 0 atom stereocenters. The zero-order valence-corrected chi connectivity index (χ0v) is 15.2. The molecular weight excluding hydrogens is 348 g/mol. The molecule has 0 bridgehead atoms. The van der Waals surface area contributed by atoms with Crippen LogP contribution >= 0.6 is 0 Å². The number of rotatable bonds is 4. The van der Waals surface area contributed by atoms with Gasteiger partial charge in [-0.1, -0.05) is 0 Å². The first-order chi connectivity index (χ1) is 12.8. The Balaban J connectivity index is 1.49. The third-order valence-corrected chi connectivity index (χ3v) is 6.16. The Labute approximate surface area is 154 Å². The Hall–Kier alpha value is -2.41. The van der Waals surface area contributed by atoms with Crippen LogP contribution in [0, 0.1) is 0 Å². The molecule has 1 saturated carbocycles. The zero-order chi connectivity index (χ0) is 17.5. The monoisotopic (exact) mass is 368 g/mol. The van der Waals surface area contributed by atoms with Crippen molar-refractivity contribution < 1.29 is 8.95 Å². The van der Waals surface area contributed by atoms with E-state index in [4.69, 9.17) is 4.74 Å². The van der Waals surface area contributed by atoms with Crippen molar-refractivity contribution in [3.8, 4) is 17.0 Å². The fourth-order valence-corrected chi connectivity index (χ4v) is 4.32. The topological polar surface area (TPSA) is 71.1 Å². The number of nitrogens with one attached hydrogen (secondary N) is 1. The minimum atomic E-state index is -0.692. The van der Waals surface area contributed by atoms with Crippen LogP contribution in [0.25, 0.3) is 22.2 Å². The fourth-order valence-electron chi connectivity index (χ4n) is 3.27. The number of anilines is 1. The highest BCUT2D eigenvalue weighted by atomic mass is 32.2. The highest BCUT2D eigenvalue weighted by Gasteiger charge is 2.24. The second kappa shape index (κ2) is 6.39. The maximum Gasteiger partial charge on any atom is 0.129 e. The largest absolute Gasteiger partial charge is 0.490 e. The molecule has 2 fully saturated rings. The first-order valence-corrected chi connectivity index (χ1v) is 10.5. The number of hydrogen-bond donors (Lipinski definition) is 1. The van der Waals surface area contributed by atoms with Crippen molar-refractivity contribution in [2.75, 3.05) is 29.5 Å². The lowest BCUT2D eigenvalue weighted by molar-refractivity contribution is 0.303. The summed E-state index contributed by atoms with van der Waals surface area (Å²) in [6, 6.07) is 10.1. The number of pyridine rings is 1. The van der Waals surface area contributed by atoms with Crippen molar-refractivity contribution in [1.82, 2.24) is 15.2 Å². The van der Waals surface area contributed by atoms with E-state index in [0.717, 1.165) is 59.7 Å². The highest BCUT2D eigenvalue weighted by molar-refractivity contribution is 7.85. The summed E-state index contributed by atoms with van der Waals surface area (Å²) in [6.07, 6.45) is 4.48. The van der Waals surface area contributed by atoms with E-state index in [9.17, 15) is 4.21 Å². The van der Waals surface area contributed by atoms with E-state index in [1.807, 2.05) is 24.4 Å². The molecule has 0 spiro atoms. The van der Waals surface area contributed by atoms with Crippen LogP contribution in [0.1, 0.15) is 12.8 Å². The van der Waals surface area contributed by atoms with Crippen LogP contribution in [0.15, 0.2) is 36.5 Å². The molecule has 26 heavy (non-hydrogen) atoms. The lowest BCUT2D eigenvalue weighted by atomic mass is 10.1. The summed E-state index contributed by atoms with van der Waals surface area (Å²) >= 11 is 0. The summed E-state index contributed by atoms with van der Waals surface area (Å²) < 4.78 is 17.5. The molecular formula is C19H20N4O2S. The number of fused-ring (bicyclic) bond motifs is 1. The lowest BCUT2D eigenvalue weighted by Gasteiger charge is -2.27. The van der Waals surface area contributed by atoms with E-state index in [0.29, 0.717) is 17.6 Å². The average molecular weight is 368 g/mol. The van der Waals surface area contributed by atoms with Gasteiger partial charge in [-0.2, -0.15) is 5.10 Å². The second-order valence-electron chi connectivity index (χ2n) is 6.83. The molecule has 1 aliphatic carbocycles. The third-order valence-electron chi connectivity index (χ3n) is 4.88. The summed E-state index contributed by atoms with van der Waals surface area (Å²) in [5.41, 5.74) is 2.93. The third kappa shape index (κ3) is 3.07. The smallest absolute Gasteiger partial charge is 0.129 e. The minimum absolute atomic E-state index is 0.375. The Morgan fingerprint density at radius 1 is 1.15 bits per heavy atom. The zero-order valence-electron chi connectivity index (χ0n) is 14.4. The molecule has 7 heteroatoms. The van der Waals surface area contributed by atoms with Crippen LogP contribution in [0.3, 0.4) is 0 Å². The number of hydrogen-bond acceptors (Lipinski definition) is 5. The Kier molecular flexibility index (Phi) is 3.89. The summed E-state index contributed by atoms with van der Waals surface area (Å²) in [5.74, 6) is 3.23. The minimum Gasteiger partial charge on any atom is -0.490 e. The molecule has 134 valence electrons. The second-order valence-corrected chi connectivity index (χ2v) is 8.53. The van der Waals surface area contributed by atoms with Crippen LogP contribution in [0.5, 0.6) is 5.75 Å². The number of aromatic amines is 1. The van der Waals surface area contributed by atoms with Crippen molar-refractivity contribution >= 4 is 27.5 Å². The van der Waals surface area contributed by atoms with Gasteiger partial charge in [0.25, 0.3) is 0 Å². The molecule has 3 heterocycles. The van der Waals surface area contributed by atoms with Gasteiger partial charge in [0.2, 0.25) is 0 Å². The number of ether oxygens (including phenoxy) is 1. The van der Waals surface area contributed by atoms with Crippen molar-refractivity contribution in [3.05, 3.63) is 36.5 Å². The Morgan fingerprint density at radius 2 is 2.00 bits per heavy atom. The molecule has 6 nitrogen and oxygen atoms in total. The summed E-state index contributed by atoms with van der Waals surface area (Å²) in [7, 11) is -0.692. The molecule has 5 rings (SSSR count). The van der Waals surface area contributed by atoms with E-state index in [-0.39, 0.29) is 0 Å². The van der Waals surface area contributed by atoms with E-state index in [1.54, 1.807) is 0 Å². The molecule has 1 saturated heterocycles. The van der Waals surface area contributed by atoms with Crippen molar-refractivity contribution in [2.24, 2.45) is 0 Å².